The summed E-state index contributed by atoms with van der Waals surface area (Å²) >= 11 is 0. The third kappa shape index (κ3) is 2.67. The van der Waals surface area contributed by atoms with E-state index in [2.05, 4.69) is 0 Å². The molecule has 1 aliphatic heterocycles. The molecule has 2 rings (SSSR count). The molecule has 0 unspecified atom stereocenters. The van der Waals surface area contributed by atoms with Gasteiger partial charge in [-0.15, -0.1) is 0 Å². The SMILES string of the molecule is Cc1ccc(C(=O)OCC(=O)N2CCCC2=O)n1C. The summed E-state index contributed by atoms with van der Waals surface area (Å²) in [6.07, 6.45) is 1.06. The van der Waals surface area contributed by atoms with Gasteiger partial charge >= 0.3 is 5.97 Å². The van der Waals surface area contributed by atoms with E-state index in [1.54, 1.807) is 23.7 Å². The van der Waals surface area contributed by atoms with Crippen LogP contribution in [-0.2, 0) is 21.4 Å². The number of nitrogens with zero attached hydrogens (tertiary/aromatic N) is 2. The maximum Gasteiger partial charge on any atom is 0.355 e. The van der Waals surface area contributed by atoms with Crippen LogP contribution in [0.15, 0.2) is 12.1 Å². The summed E-state index contributed by atoms with van der Waals surface area (Å²) in [5, 5.41) is 0. The number of hydrogen-bond donors (Lipinski definition) is 0. The number of hydrogen-bond acceptors (Lipinski definition) is 4. The summed E-state index contributed by atoms with van der Waals surface area (Å²) < 4.78 is 6.63. The quantitative estimate of drug-likeness (QED) is 0.751. The molecular formula is C13H16N2O4. The zero-order valence-electron chi connectivity index (χ0n) is 11.0. The van der Waals surface area contributed by atoms with Crippen molar-refractivity contribution in [3.63, 3.8) is 0 Å². The van der Waals surface area contributed by atoms with Crippen LogP contribution in [0.4, 0.5) is 0 Å². The molecule has 1 aliphatic rings. The summed E-state index contributed by atoms with van der Waals surface area (Å²) in [5.41, 5.74) is 1.31. The summed E-state index contributed by atoms with van der Waals surface area (Å²) in [7, 11) is 1.75. The van der Waals surface area contributed by atoms with Gasteiger partial charge in [-0.25, -0.2) is 4.79 Å². The minimum Gasteiger partial charge on any atom is -0.451 e. The highest BCUT2D eigenvalue weighted by molar-refractivity contribution is 5.98. The number of amides is 2. The Kier molecular flexibility index (Phi) is 3.69. The van der Waals surface area contributed by atoms with Crippen molar-refractivity contribution >= 4 is 17.8 Å². The predicted octanol–water partition coefficient (Wildman–Crippen LogP) is 0.639. The Morgan fingerprint density at radius 3 is 2.63 bits per heavy atom. The van der Waals surface area contributed by atoms with Crippen molar-refractivity contribution < 1.29 is 19.1 Å². The normalized spacial score (nSPS) is 14.8. The summed E-state index contributed by atoms with van der Waals surface area (Å²) in [4.78, 5) is 36.0. The van der Waals surface area contributed by atoms with Crippen LogP contribution < -0.4 is 0 Å². The van der Waals surface area contributed by atoms with E-state index in [4.69, 9.17) is 4.74 Å². The Bertz CT molecular complexity index is 533. The summed E-state index contributed by atoms with van der Waals surface area (Å²) in [6.45, 7) is 1.89. The van der Waals surface area contributed by atoms with Crippen molar-refractivity contribution in [3.05, 3.63) is 23.5 Å². The van der Waals surface area contributed by atoms with Crippen molar-refractivity contribution in [3.8, 4) is 0 Å². The number of ether oxygens (including phenoxy) is 1. The molecule has 0 aliphatic carbocycles. The molecule has 1 saturated heterocycles. The van der Waals surface area contributed by atoms with E-state index in [0.29, 0.717) is 25.1 Å². The highest BCUT2D eigenvalue weighted by Crippen LogP contribution is 2.11. The number of likely N-dealkylation sites (tertiary alicyclic amines) is 1. The van der Waals surface area contributed by atoms with Gasteiger partial charge < -0.3 is 9.30 Å². The lowest BCUT2D eigenvalue weighted by Crippen LogP contribution is -2.35. The monoisotopic (exact) mass is 264 g/mol. The molecular weight excluding hydrogens is 248 g/mol. The standard InChI is InChI=1S/C13H16N2O4/c1-9-5-6-10(14(9)2)13(18)19-8-12(17)15-7-3-4-11(15)16/h5-6H,3-4,7-8H2,1-2H3. The Hall–Kier alpha value is -2.11. The lowest BCUT2D eigenvalue weighted by atomic mass is 10.4. The van der Waals surface area contributed by atoms with Gasteiger partial charge in [0.2, 0.25) is 5.91 Å². The first-order valence-electron chi connectivity index (χ1n) is 6.13. The molecule has 102 valence electrons. The van der Waals surface area contributed by atoms with Crippen LogP contribution in [0.5, 0.6) is 0 Å². The van der Waals surface area contributed by atoms with Crippen LogP contribution in [0.1, 0.15) is 29.0 Å². The molecule has 1 aromatic rings. The Morgan fingerprint density at radius 2 is 2.11 bits per heavy atom. The first-order valence-corrected chi connectivity index (χ1v) is 6.13. The number of aryl methyl sites for hydroxylation is 1. The van der Waals surface area contributed by atoms with Gasteiger partial charge in [-0.1, -0.05) is 0 Å². The van der Waals surface area contributed by atoms with Crippen molar-refractivity contribution in [1.82, 2.24) is 9.47 Å². The number of esters is 1. The van der Waals surface area contributed by atoms with Gasteiger partial charge in [-0.05, 0) is 25.5 Å². The van der Waals surface area contributed by atoms with Crippen molar-refractivity contribution in [2.24, 2.45) is 7.05 Å². The zero-order valence-corrected chi connectivity index (χ0v) is 11.0. The molecule has 0 aromatic carbocycles. The molecule has 1 aromatic heterocycles. The van der Waals surface area contributed by atoms with Gasteiger partial charge in [0.05, 0.1) is 0 Å². The second-order valence-corrected chi connectivity index (χ2v) is 4.54. The maximum atomic E-state index is 11.8. The van der Waals surface area contributed by atoms with Gasteiger partial charge in [0.15, 0.2) is 6.61 Å². The molecule has 0 atom stereocenters. The van der Waals surface area contributed by atoms with E-state index in [1.165, 1.54) is 0 Å². The molecule has 1 fully saturated rings. The van der Waals surface area contributed by atoms with Gasteiger partial charge in [0, 0.05) is 25.7 Å². The smallest absolute Gasteiger partial charge is 0.355 e. The van der Waals surface area contributed by atoms with Gasteiger partial charge in [0.25, 0.3) is 5.91 Å². The number of carbonyl (C=O) groups is 3. The van der Waals surface area contributed by atoms with E-state index in [9.17, 15) is 14.4 Å². The topological polar surface area (TPSA) is 68.6 Å². The van der Waals surface area contributed by atoms with Crippen LogP contribution in [0.2, 0.25) is 0 Å². The molecule has 2 heterocycles. The molecule has 19 heavy (non-hydrogen) atoms. The van der Waals surface area contributed by atoms with Crippen molar-refractivity contribution in [2.45, 2.75) is 19.8 Å². The van der Waals surface area contributed by atoms with Crippen LogP contribution in [0.25, 0.3) is 0 Å². The van der Waals surface area contributed by atoms with E-state index in [1.807, 2.05) is 6.92 Å². The fourth-order valence-electron chi connectivity index (χ4n) is 2.01. The van der Waals surface area contributed by atoms with Crippen LogP contribution >= 0.6 is 0 Å². The number of carbonyl (C=O) groups excluding carboxylic acids is 3. The molecule has 6 heteroatoms. The minimum atomic E-state index is -0.560. The second kappa shape index (κ2) is 5.26. The van der Waals surface area contributed by atoms with E-state index >= 15 is 0 Å². The predicted molar refractivity (Wildman–Crippen MR) is 66.4 cm³/mol. The molecule has 0 radical (unpaired) electrons. The Balaban J connectivity index is 1.92. The lowest BCUT2D eigenvalue weighted by Gasteiger charge is -2.13. The molecule has 0 saturated carbocycles. The largest absolute Gasteiger partial charge is 0.451 e. The highest BCUT2D eigenvalue weighted by atomic mass is 16.5. The van der Waals surface area contributed by atoms with E-state index < -0.39 is 18.5 Å². The molecule has 2 amide bonds. The van der Waals surface area contributed by atoms with Gasteiger partial charge in [-0.2, -0.15) is 0 Å². The lowest BCUT2D eigenvalue weighted by molar-refractivity contribution is -0.143. The third-order valence-electron chi connectivity index (χ3n) is 3.28. The first kappa shape index (κ1) is 13.3. The zero-order chi connectivity index (χ0) is 14.0. The Labute approximate surface area is 110 Å². The van der Waals surface area contributed by atoms with Crippen molar-refractivity contribution in [2.75, 3.05) is 13.2 Å². The fourth-order valence-corrected chi connectivity index (χ4v) is 2.01. The third-order valence-corrected chi connectivity index (χ3v) is 3.28. The molecule has 6 nitrogen and oxygen atoms in total. The first-order chi connectivity index (χ1) is 9.00. The van der Waals surface area contributed by atoms with Gasteiger partial charge in [-0.3, -0.25) is 14.5 Å². The minimum absolute atomic E-state index is 0.198. The second-order valence-electron chi connectivity index (χ2n) is 4.54. The molecule has 0 bridgehead atoms. The summed E-state index contributed by atoms with van der Waals surface area (Å²) in [5.74, 6) is -1.21. The highest BCUT2D eigenvalue weighted by Gasteiger charge is 2.27. The Morgan fingerprint density at radius 1 is 1.37 bits per heavy atom. The average molecular weight is 264 g/mol. The number of rotatable bonds is 3. The molecule has 0 N–H and O–H groups in total. The van der Waals surface area contributed by atoms with Gasteiger partial charge in [0.1, 0.15) is 5.69 Å². The van der Waals surface area contributed by atoms with Crippen LogP contribution in [-0.4, -0.2) is 40.4 Å². The maximum absolute atomic E-state index is 11.8. The van der Waals surface area contributed by atoms with E-state index in [-0.39, 0.29) is 5.91 Å². The fraction of sp³-hybridized carbons (Fsp3) is 0.462. The molecule has 0 spiro atoms. The van der Waals surface area contributed by atoms with Crippen LogP contribution in [0, 0.1) is 6.92 Å². The summed E-state index contributed by atoms with van der Waals surface area (Å²) in [6, 6.07) is 3.44. The number of imide groups is 1. The van der Waals surface area contributed by atoms with Crippen molar-refractivity contribution in [1.29, 1.82) is 0 Å². The number of aromatic nitrogens is 1. The average Bonchev–Trinajstić information content (AvgIpc) is 2.94. The van der Waals surface area contributed by atoms with Crippen LogP contribution in [0.3, 0.4) is 0 Å². The van der Waals surface area contributed by atoms with E-state index in [0.717, 1.165) is 10.6 Å².